The van der Waals surface area contributed by atoms with Crippen LogP contribution in [0.5, 0.6) is 0 Å². The number of thioether (sulfide) groups is 1. The first-order valence-electron chi connectivity index (χ1n) is 10.4. The van der Waals surface area contributed by atoms with Gasteiger partial charge in [0.2, 0.25) is 5.91 Å². The molecule has 0 radical (unpaired) electrons. The highest BCUT2D eigenvalue weighted by Crippen LogP contribution is 2.21. The Labute approximate surface area is 195 Å². The van der Waals surface area contributed by atoms with Gasteiger partial charge in [-0.05, 0) is 56.7 Å². The van der Waals surface area contributed by atoms with Crippen molar-refractivity contribution in [1.82, 2.24) is 20.1 Å². The highest BCUT2D eigenvalue weighted by molar-refractivity contribution is 7.99. The number of carbonyl (C=O) groups excluding carboxylic acids is 2. The van der Waals surface area contributed by atoms with Gasteiger partial charge in [0.1, 0.15) is 0 Å². The normalized spacial score (nSPS) is 11.6. The van der Waals surface area contributed by atoms with E-state index < -0.39 is 5.97 Å². The van der Waals surface area contributed by atoms with Gasteiger partial charge in [0.15, 0.2) is 11.0 Å². The maximum Gasteiger partial charge on any atom is 0.335 e. The first-order chi connectivity index (χ1) is 15.8. The van der Waals surface area contributed by atoms with Crippen molar-refractivity contribution in [2.45, 2.75) is 38.5 Å². The zero-order valence-corrected chi connectivity index (χ0v) is 19.3. The summed E-state index contributed by atoms with van der Waals surface area (Å²) in [6, 6.07) is 12.9. The number of anilines is 1. The van der Waals surface area contributed by atoms with E-state index in [0.717, 1.165) is 5.56 Å². The van der Waals surface area contributed by atoms with Crippen molar-refractivity contribution in [3.8, 4) is 0 Å². The quantitative estimate of drug-likeness (QED) is 0.411. The maximum atomic E-state index is 12.6. The zero-order valence-electron chi connectivity index (χ0n) is 18.5. The number of aryl methyl sites for hydroxylation is 1. The minimum Gasteiger partial charge on any atom is -0.478 e. The lowest BCUT2D eigenvalue weighted by atomic mass is 10.1. The maximum absolute atomic E-state index is 12.6. The third kappa shape index (κ3) is 5.98. The van der Waals surface area contributed by atoms with E-state index in [4.69, 9.17) is 5.11 Å². The van der Waals surface area contributed by atoms with Crippen LogP contribution in [0.4, 0.5) is 5.69 Å². The Bertz CT molecular complexity index is 1160. The highest BCUT2D eigenvalue weighted by Gasteiger charge is 2.20. The third-order valence-corrected chi connectivity index (χ3v) is 5.90. The van der Waals surface area contributed by atoms with Crippen molar-refractivity contribution in [3.05, 3.63) is 71.0 Å². The van der Waals surface area contributed by atoms with Crippen LogP contribution in [0.2, 0.25) is 0 Å². The predicted molar refractivity (Wildman–Crippen MR) is 126 cm³/mol. The lowest BCUT2D eigenvalue weighted by Crippen LogP contribution is -2.29. The molecule has 1 heterocycles. The fourth-order valence-corrected chi connectivity index (χ4v) is 4.02. The molecular weight excluding hydrogens is 442 g/mol. The molecule has 10 heteroatoms. The SMILES string of the molecule is CCn1c(SCC(=O)Nc2ccc(C(=O)O)cc2)nnc1C(C)NC(=O)c1ccccc1C. The van der Waals surface area contributed by atoms with Crippen LogP contribution in [0.3, 0.4) is 0 Å². The molecule has 1 aromatic heterocycles. The Morgan fingerprint density at radius 1 is 1.09 bits per heavy atom. The molecule has 2 amide bonds. The third-order valence-electron chi connectivity index (χ3n) is 4.93. The smallest absolute Gasteiger partial charge is 0.335 e. The molecule has 2 aromatic carbocycles. The van der Waals surface area contributed by atoms with Gasteiger partial charge in [0.25, 0.3) is 5.91 Å². The van der Waals surface area contributed by atoms with Crippen molar-refractivity contribution in [3.63, 3.8) is 0 Å². The summed E-state index contributed by atoms with van der Waals surface area (Å²) in [5.41, 5.74) is 2.15. The summed E-state index contributed by atoms with van der Waals surface area (Å²) in [5, 5.41) is 23.6. The molecule has 3 N–H and O–H groups in total. The Hall–Kier alpha value is -3.66. The molecule has 1 unspecified atom stereocenters. The molecule has 0 fully saturated rings. The fraction of sp³-hybridized carbons (Fsp3) is 0.261. The van der Waals surface area contributed by atoms with Crippen molar-refractivity contribution >= 4 is 35.2 Å². The summed E-state index contributed by atoms with van der Waals surface area (Å²) >= 11 is 1.23. The molecule has 172 valence electrons. The molecule has 0 aliphatic rings. The number of benzene rings is 2. The monoisotopic (exact) mass is 467 g/mol. The van der Waals surface area contributed by atoms with Crippen molar-refractivity contribution in [2.24, 2.45) is 0 Å². The summed E-state index contributed by atoms with van der Waals surface area (Å²) in [6.07, 6.45) is 0. The Kier molecular flexibility index (Phi) is 7.83. The lowest BCUT2D eigenvalue weighted by Gasteiger charge is -2.16. The van der Waals surface area contributed by atoms with E-state index in [1.165, 1.54) is 36.0 Å². The van der Waals surface area contributed by atoms with Crippen LogP contribution in [-0.2, 0) is 11.3 Å². The van der Waals surface area contributed by atoms with E-state index in [0.29, 0.717) is 28.8 Å². The van der Waals surface area contributed by atoms with Crippen molar-refractivity contribution < 1.29 is 19.5 Å². The van der Waals surface area contributed by atoms with E-state index in [1.807, 2.05) is 43.5 Å². The second kappa shape index (κ2) is 10.8. The number of hydrogen-bond donors (Lipinski definition) is 3. The van der Waals surface area contributed by atoms with Crippen LogP contribution in [-0.4, -0.2) is 43.4 Å². The molecule has 9 nitrogen and oxygen atoms in total. The molecule has 0 aliphatic carbocycles. The van der Waals surface area contributed by atoms with Gasteiger partial charge >= 0.3 is 5.97 Å². The Balaban J connectivity index is 1.61. The Morgan fingerprint density at radius 2 is 1.79 bits per heavy atom. The van der Waals surface area contributed by atoms with Gasteiger partial charge in [-0.3, -0.25) is 9.59 Å². The minimum atomic E-state index is -1.03. The van der Waals surface area contributed by atoms with Crippen LogP contribution >= 0.6 is 11.8 Å². The van der Waals surface area contributed by atoms with E-state index >= 15 is 0 Å². The van der Waals surface area contributed by atoms with E-state index in [2.05, 4.69) is 20.8 Å². The predicted octanol–water partition coefficient (Wildman–Crippen LogP) is 3.53. The van der Waals surface area contributed by atoms with Crippen LogP contribution < -0.4 is 10.6 Å². The first kappa shape index (κ1) is 24.0. The molecular formula is C23H25N5O4S. The van der Waals surface area contributed by atoms with Crippen LogP contribution in [0.1, 0.15) is 52.0 Å². The van der Waals surface area contributed by atoms with Crippen molar-refractivity contribution in [1.29, 1.82) is 0 Å². The summed E-state index contributed by atoms with van der Waals surface area (Å²) in [5.74, 6) is -0.762. The summed E-state index contributed by atoms with van der Waals surface area (Å²) in [7, 11) is 0. The molecule has 1 atom stereocenters. The number of amides is 2. The molecule has 3 aromatic rings. The molecule has 0 saturated carbocycles. The number of hydrogen-bond acceptors (Lipinski definition) is 6. The highest BCUT2D eigenvalue weighted by atomic mass is 32.2. The number of carbonyl (C=O) groups is 3. The molecule has 3 rings (SSSR count). The number of aromatic carboxylic acids is 1. The number of nitrogens with one attached hydrogen (secondary N) is 2. The van der Waals surface area contributed by atoms with Gasteiger partial charge in [0.05, 0.1) is 17.4 Å². The fourth-order valence-electron chi connectivity index (χ4n) is 3.21. The van der Waals surface area contributed by atoms with Gasteiger partial charge in [-0.15, -0.1) is 10.2 Å². The number of rotatable bonds is 9. The minimum absolute atomic E-state index is 0.1000. The van der Waals surface area contributed by atoms with Gasteiger partial charge < -0.3 is 20.3 Å². The number of carboxylic acid groups (broad SMARTS) is 1. The number of carboxylic acids is 1. The second-order valence-electron chi connectivity index (χ2n) is 7.31. The summed E-state index contributed by atoms with van der Waals surface area (Å²) in [4.78, 5) is 35.9. The lowest BCUT2D eigenvalue weighted by molar-refractivity contribution is -0.113. The molecule has 0 bridgehead atoms. The standard InChI is InChI=1S/C23H25N5O4S/c1-4-28-20(15(3)24-21(30)18-8-6-5-7-14(18)2)26-27-23(28)33-13-19(29)25-17-11-9-16(10-12-17)22(31)32/h5-12,15H,4,13H2,1-3H3,(H,24,30)(H,25,29)(H,31,32). The average molecular weight is 468 g/mol. The van der Waals surface area contributed by atoms with Crippen molar-refractivity contribution in [2.75, 3.05) is 11.1 Å². The zero-order chi connectivity index (χ0) is 24.0. The molecule has 33 heavy (non-hydrogen) atoms. The van der Waals surface area contributed by atoms with E-state index in [-0.39, 0.29) is 29.2 Å². The van der Waals surface area contributed by atoms with E-state index in [9.17, 15) is 14.4 Å². The number of nitrogens with zero attached hydrogens (tertiary/aromatic N) is 3. The van der Waals surface area contributed by atoms with Gasteiger partial charge in [-0.1, -0.05) is 30.0 Å². The molecule has 0 spiro atoms. The largest absolute Gasteiger partial charge is 0.478 e. The van der Waals surface area contributed by atoms with Gasteiger partial charge in [-0.2, -0.15) is 0 Å². The van der Waals surface area contributed by atoms with Crippen LogP contribution in [0.15, 0.2) is 53.7 Å². The first-order valence-corrected chi connectivity index (χ1v) is 11.3. The summed E-state index contributed by atoms with van der Waals surface area (Å²) in [6.45, 7) is 6.24. The van der Waals surface area contributed by atoms with Gasteiger partial charge in [0, 0.05) is 17.8 Å². The number of aromatic nitrogens is 3. The van der Waals surface area contributed by atoms with Crippen LogP contribution in [0.25, 0.3) is 0 Å². The molecule has 0 saturated heterocycles. The van der Waals surface area contributed by atoms with Gasteiger partial charge in [-0.25, -0.2) is 4.79 Å². The average Bonchev–Trinajstić information content (AvgIpc) is 3.21. The topological polar surface area (TPSA) is 126 Å². The van der Waals surface area contributed by atoms with E-state index in [1.54, 1.807) is 6.07 Å². The second-order valence-corrected chi connectivity index (χ2v) is 8.26. The Morgan fingerprint density at radius 3 is 2.42 bits per heavy atom. The van der Waals surface area contributed by atoms with Crippen LogP contribution in [0, 0.1) is 6.92 Å². The summed E-state index contributed by atoms with van der Waals surface area (Å²) < 4.78 is 1.86. The molecule has 0 aliphatic heterocycles.